The number of hydrogen-bond acceptors (Lipinski definition) is 6. The molecule has 0 aromatic heterocycles. The van der Waals surface area contributed by atoms with Gasteiger partial charge in [-0.3, -0.25) is 14.4 Å². The highest BCUT2D eigenvalue weighted by Crippen LogP contribution is 2.12. The lowest BCUT2D eigenvalue weighted by Crippen LogP contribution is -2.34. The van der Waals surface area contributed by atoms with Gasteiger partial charge in [0.15, 0.2) is 0 Å². The topological polar surface area (TPSA) is 106 Å². The molecule has 148 valence electrons. The van der Waals surface area contributed by atoms with Crippen molar-refractivity contribution in [2.75, 3.05) is 38.2 Å². The number of nitrogens with one attached hydrogen (secondary N) is 3. The number of esters is 1. The van der Waals surface area contributed by atoms with E-state index >= 15 is 0 Å². The zero-order chi connectivity index (χ0) is 19.5. The van der Waals surface area contributed by atoms with Crippen LogP contribution in [0.5, 0.6) is 0 Å². The summed E-state index contributed by atoms with van der Waals surface area (Å²) in [5, 5.41) is 8.63. The summed E-state index contributed by atoms with van der Waals surface area (Å²) in [5.41, 5.74) is 0.919. The molecular weight excluding hydrogens is 350 g/mol. The van der Waals surface area contributed by atoms with Gasteiger partial charge in [-0.2, -0.15) is 0 Å². The Bertz CT molecular complexity index is 644. The van der Waals surface area contributed by atoms with E-state index in [1.54, 1.807) is 31.2 Å². The maximum absolute atomic E-state index is 12.1. The van der Waals surface area contributed by atoms with Gasteiger partial charge in [-0.1, -0.05) is 6.07 Å². The van der Waals surface area contributed by atoms with Crippen molar-refractivity contribution < 1.29 is 23.9 Å². The van der Waals surface area contributed by atoms with Crippen LogP contribution < -0.4 is 16.0 Å². The van der Waals surface area contributed by atoms with E-state index in [0.717, 1.165) is 25.9 Å². The predicted octanol–water partition coefficient (Wildman–Crippen LogP) is 1.08. The summed E-state index contributed by atoms with van der Waals surface area (Å²) in [6.07, 6.45) is 2.02. The summed E-state index contributed by atoms with van der Waals surface area (Å²) in [6, 6.07) is 6.62. The summed E-state index contributed by atoms with van der Waals surface area (Å²) in [5.74, 6) is -0.928. The summed E-state index contributed by atoms with van der Waals surface area (Å²) in [6.45, 7) is 4.03. The molecule has 1 aromatic rings. The molecular formula is C19H27N3O5. The monoisotopic (exact) mass is 377 g/mol. The quantitative estimate of drug-likeness (QED) is 0.556. The molecule has 1 aromatic carbocycles. The maximum Gasteiger partial charge on any atom is 0.307 e. The lowest BCUT2D eigenvalue weighted by atomic mass is 10.1. The second-order valence-corrected chi connectivity index (χ2v) is 6.20. The van der Waals surface area contributed by atoms with Crippen LogP contribution >= 0.6 is 0 Å². The average Bonchev–Trinajstić information content (AvgIpc) is 2.67. The highest BCUT2D eigenvalue weighted by molar-refractivity contribution is 5.97. The molecule has 1 saturated heterocycles. The predicted molar refractivity (Wildman–Crippen MR) is 100 cm³/mol. The summed E-state index contributed by atoms with van der Waals surface area (Å²) in [7, 11) is 0. The Hall–Kier alpha value is -2.45. The lowest BCUT2D eigenvalue weighted by Gasteiger charge is -2.22. The average molecular weight is 377 g/mol. The number of rotatable bonds is 9. The Morgan fingerprint density at radius 2 is 2.00 bits per heavy atom. The molecule has 0 radical (unpaired) electrons. The number of anilines is 1. The van der Waals surface area contributed by atoms with Crippen LogP contribution in [0, 0.1) is 0 Å². The van der Waals surface area contributed by atoms with Crippen LogP contribution in [0.1, 0.15) is 36.5 Å². The van der Waals surface area contributed by atoms with Crippen LogP contribution in [0.2, 0.25) is 0 Å². The first-order chi connectivity index (χ1) is 13.1. The van der Waals surface area contributed by atoms with Crippen molar-refractivity contribution in [3.8, 4) is 0 Å². The molecule has 1 aliphatic rings. The van der Waals surface area contributed by atoms with E-state index in [2.05, 4.69) is 16.0 Å². The number of carbonyl (C=O) groups excluding carboxylic acids is 3. The van der Waals surface area contributed by atoms with Crippen molar-refractivity contribution in [2.45, 2.75) is 32.3 Å². The van der Waals surface area contributed by atoms with Crippen LogP contribution in [0.3, 0.4) is 0 Å². The number of amides is 2. The van der Waals surface area contributed by atoms with Gasteiger partial charge in [0.05, 0.1) is 19.1 Å². The summed E-state index contributed by atoms with van der Waals surface area (Å²) >= 11 is 0. The van der Waals surface area contributed by atoms with E-state index in [0.29, 0.717) is 17.9 Å². The van der Waals surface area contributed by atoms with Gasteiger partial charge in [0.2, 0.25) is 5.91 Å². The minimum atomic E-state index is -0.354. The summed E-state index contributed by atoms with van der Waals surface area (Å²) in [4.78, 5) is 35.5. The van der Waals surface area contributed by atoms with Gasteiger partial charge < -0.3 is 25.4 Å². The van der Waals surface area contributed by atoms with Crippen molar-refractivity contribution in [3.63, 3.8) is 0 Å². The molecule has 8 nitrogen and oxygen atoms in total. The molecule has 0 atom stereocenters. The molecule has 0 aliphatic carbocycles. The Morgan fingerprint density at radius 3 is 2.74 bits per heavy atom. The standard InChI is InChI=1S/C19H27N3O5/c1-2-26-18(24)8-11-21-19(25)14-4-3-5-15(12-14)22-17(23)13-27-16-6-9-20-10-7-16/h3-5,12,16,20H,2,6-11,13H2,1H3,(H,21,25)(H,22,23). The van der Waals surface area contributed by atoms with E-state index in [-0.39, 0.29) is 43.5 Å². The van der Waals surface area contributed by atoms with Crippen molar-refractivity contribution in [2.24, 2.45) is 0 Å². The van der Waals surface area contributed by atoms with Crippen LogP contribution in [-0.2, 0) is 19.1 Å². The SMILES string of the molecule is CCOC(=O)CCNC(=O)c1cccc(NC(=O)COC2CCNCC2)c1. The third kappa shape index (κ3) is 7.76. The fourth-order valence-corrected chi connectivity index (χ4v) is 2.70. The maximum atomic E-state index is 12.1. The second-order valence-electron chi connectivity index (χ2n) is 6.20. The highest BCUT2D eigenvalue weighted by atomic mass is 16.5. The molecule has 0 spiro atoms. The molecule has 0 bridgehead atoms. The highest BCUT2D eigenvalue weighted by Gasteiger charge is 2.15. The normalized spacial score (nSPS) is 14.4. The second kappa shape index (κ2) is 11.3. The molecule has 3 N–H and O–H groups in total. The minimum Gasteiger partial charge on any atom is -0.466 e. The van der Waals surface area contributed by atoms with Gasteiger partial charge in [0, 0.05) is 17.8 Å². The van der Waals surface area contributed by atoms with Crippen LogP contribution in [-0.4, -0.2) is 56.7 Å². The minimum absolute atomic E-state index is 0.0133. The van der Waals surface area contributed by atoms with Crippen LogP contribution in [0.25, 0.3) is 0 Å². The van der Waals surface area contributed by atoms with Gasteiger partial charge in [0.25, 0.3) is 5.91 Å². The number of ether oxygens (including phenoxy) is 2. The first-order valence-electron chi connectivity index (χ1n) is 9.24. The lowest BCUT2D eigenvalue weighted by molar-refractivity contribution is -0.142. The van der Waals surface area contributed by atoms with Gasteiger partial charge in [-0.25, -0.2) is 0 Å². The van der Waals surface area contributed by atoms with Crippen molar-refractivity contribution in [3.05, 3.63) is 29.8 Å². The molecule has 1 fully saturated rings. The van der Waals surface area contributed by atoms with Gasteiger partial charge in [0.1, 0.15) is 6.61 Å². The fourth-order valence-electron chi connectivity index (χ4n) is 2.70. The molecule has 2 rings (SSSR count). The Labute approximate surface area is 159 Å². The van der Waals surface area contributed by atoms with E-state index < -0.39 is 0 Å². The molecule has 1 aliphatic heterocycles. The fraction of sp³-hybridized carbons (Fsp3) is 0.526. The van der Waals surface area contributed by atoms with Crippen molar-refractivity contribution >= 4 is 23.5 Å². The van der Waals surface area contributed by atoms with Crippen LogP contribution in [0.15, 0.2) is 24.3 Å². The van der Waals surface area contributed by atoms with E-state index in [4.69, 9.17) is 9.47 Å². The van der Waals surface area contributed by atoms with E-state index in [9.17, 15) is 14.4 Å². The molecule has 0 unspecified atom stereocenters. The van der Waals surface area contributed by atoms with Crippen molar-refractivity contribution in [1.29, 1.82) is 0 Å². The Kier molecular flexibility index (Phi) is 8.73. The van der Waals surface area contributed by atoms with E-state index in [1.165, 1.54) is 0 Å². The number of piperidine rings is 1. The first kappa shape index (κ1) is 20.9. The molecule has 0 saturated carbocycles. The zero-order valence-electron chi connectivity index (χ0n) is 15.6. The largest absolute Gasteiger partial charge is 0.466 e. The number of benzene rings is 1. The molecule has 2 amide bonds. The van der Waals surface area contributed by atoms with Gasteiger partial charge in [-0.15, -0.1) is 0 Å². The Balaban J connectivity index is 1.76. The van der Waals surface area contributed by atoms with Gasteiger partial charge >= 0.3 is 5.97 Å². The third-order valence-corrected chi connectivity index (χ3v) is 4.06. The van der Waals surface area contributed by atoms with Crippen molar-refractivity contribution in [1.82, 2.24) is 10.6 Å². The molecule has 8 heteroatoms. The Morgan fingerprint density at radius 1 is 1.22 bits per heavy atom. The first-order valence-corrected chi connectivity index (χ1v) is 9.24. The zero-order valence-corrected chi connectivity index (χ0v) is 15.6. The summed E-state index contributed by atoms with van der Waals surface area (Å²) < 4.78 is 10.4. The number of carbonyl (C=O) groups is 3. The molecule has 1 heterocycles. The smallest absolute Gasteiger partial charge is 0.307 e. The van der Waals surface area contributed by atoms with Crippen LogP contribution in [0.4, 0.5) is 5.69 Å². The number of hydrogen-bond donors (Lipinski definition) is 3. The third-order valence-electron chi connectivity index (χ3n) is 4.06. The van der Waals surface area contributed by atoms with Gasteiger partial charge in [-0.05, 0) is 51.1 Å². The van der Waals surface area contributed by atoms with E-state index in [1.807, 2.05) is 0 Å². The molecule has 27 heavy (non-hydrogen) atoms.